The molecule has 1 aliphatic rings. The van der Waals surface area contributed by atoms with Gasteiger partial charge in [-0.15, -0.1) is 0 Å². The molecule has 1 saturated carbocycles. The maximum atomic E-state index is 10.6. The van der Waals surface area contributed by atoms with E-state index in [1.54, 1.807) is 0 Å². The van der Waals surface area contributed by atoms with Gasteiger partial charge in [-0.2, -0.15) is 0 Å². The number of ether oxygens (including phenoxy) is 1. The normalized spacial score (nSPS) is 27.8. The van der Waals surface area contributed by atoms with Crippen molar-refractivity contribution in [1.82, 2.24) is 0 Å². The van der Waals surface area contributed by atoms with Crippen LogP contribution in [0.1, 0.15) is 26.2 Å². The first-order valence-electron chi connectivity index (χ1n) is 3.95. The van der Waals surface area contributed by atoms with Crippen LogP contribution in [0.5, 0.6) is 0 Å². The second kappa shape index (κ2) is 3.97. The summed E-state index contributed by atoms with van der Waals surface area (Å²) in [4.78, 5) is 13.3. The summed E-state index contributed by atoms with van der Waals surface area (Å²) in [6.07, 6.45) is 2.39. The maximum absolute atomic E-state index is 10.6. The quantitative estimate of drug-likeness (QED) is 0.273. The van der Waals surface area contributed by atoms with Crippen LogP contribution in [0.2, 0.25) is 0 Å². The van der Waals surface area contributed by atoms with Crippen molar-refractivity contribution in [2.24, 2.45) is 5.11 Å². The molecule has 1 rings (SSSR count). The van der Waals surface area contributed by atoms with Crippen molar-refractivity contribution in [2.45, 2.75) is 38.3 Å². The standard InChI is InChI=1S/C7H11N3O2/c1-5(11)12-7-4-2-3-6(7)9-10-8/h6-7H,2-4H2,1H3/t6-,7-/m0/s1. The summed E-state index contributed by atoms with van der Waals surface area (Å²) < 4.78 is 4.97. The van der Waals surface area contributed by atoms with Gasteiger partial charge in [0.1, 0.15) is 6.10 Å². The average Bonchev–Trinajstić information content (AvgIpc) is 2.37. The summed E-state index contributed by atoms with van der Waals surface area (Å²) in [6.45, 7) is 1.37. The molecular formula is C7H11N3O2. The SMILES string of the molecule is CC(=O)O[C@H]1CCC[C@@H]1N=[N+]=[N-]. The van der Waals surface area contributed by atoms with E-state index < -0.39 is 0 Å². The first-order valence-corrected chi connectivity index (χ1v) is 3.95. The molecular weight excluding hydrogens is 158 g/mol. The zero-order chi connectivity index (χ0) is 8.97. The number of carbonyl (C=O) groups is 1. The summed E-state index contributed by atoms with van der Waals surface area (Å²) >= 11 is 0. The Morgan fingerprint density at radius 3 is 3.00 bits per heavy atom. The van der Waals surface area contributed by atoms with Gasteiger partial charge in [-0.25, -0.2) is 0 Å². The molecule has 0 aromatic heterocycles. The van der Waals surface area contributed by atoms with E-state index in [4.69, 9.17) is 10.3 Å². The molecule has 2 atom stereocenters. The monoisotopic (exact) mass is 169 g/mol. The lowest BCUT2D eigenvalue weighted by atomic mass is 10.2. The Labute approximate surface area is 70.3 Å². The third-order valence-electron chi connectivity index (χ3n) is 1.93. The summed E-state index contributed by atoms with van der Waals surface area (Å²) in [6, 6.07) is -0.154. The minimum Gasteiger partial charge on any atom is -0.462 e. The summed E-state index contributed by atoms with van der Waals surface area (Å²) in [5.74, 6) is -0.306. The molecule has 0 aromatic rings. The smallest absolute Gasteiger partial charge is 0.302 e. The highest BCUT2D eigenvalue weighted by Gasteiger charge is 2.28. The van der Waals surface area contributed by atoms with Crippen LogP contribution in [0.3, 0.4) is 0 Å². The number of hydrogen-bond donors (Lipinski definition) is 0. The largest absolute Gasteiger partial charge is 0.462 e. The number of azide groups is 1. The Bertz CT molecular complexity index is 223. The van der Waals surface area contributed by atoms with E-state index in [9.17, 15) is 4.79 Å². The molecule has 1 fully saturated rings. The second-order valence-corrected chi connectivity index (χ2v) is 2.85. The molecule has 0 heterocycles. The van der Waals surface area contributed by atoms with Crippen molar-refractivity contribution >= 4 is 5.97 Å². The molecule has 0 N–H and O–H groups in total. The van der Waals surface area contributed by atoms with Crippen molar-refractivity contribution in [3.8, 4) is 0 Å². The van der Waals surface area contributed by atoms with Crippen molar-refractivity contribution < 1.29 is 9.53 Å². The zero-order valence-corrected chi connectivity index (χ0v) is 6.93. The van der Waals surface area contributed by atoms with E-state index in [0.29, 0.717) is 0 Å². The fourth-order valence-electron chi connectivity index (χ4n) is 1.46. The molecule has 0 bridgehead atoms. The Hall–Kier alpha value is -1.22. The van der Waals surface area contributed by atoms with Crippen LogP contribution in [-0.2, 0) is 9.53 Å². The minimum absolute atomic E-state index is 0.154. The van der Waals surface area contributed by atoms with E-state index >= 15 is 0 Å². The van der Waals surface area contributed by atoms with Crippen LogP contribution >= 0.6 is 0 Å². The van der Waals surface area contributed by atoms with Gasteiger partial charge in [-0.1, -0.05) is 5.11 Å². The lowest BCUT2D eigenvalue weighted by Gasteiger charge is -2.13. The third kappa shape index (κ3) is 2.13. The van der Waals surface area contributed by atoms with E-state index in [-0.39, 0.29) is 18.1 Å². The number of hydrogen-bond acceptors (Lipinski definition) is 3. The van der Waals surface area contributed by atoms with Gasteiger partial charge in [0.15, 0.2) is 0 Å². The molecule has 1 aliphatic carbocycles. The van der Waals surface area contributed by atoms with Crippen LogP contribution < -0.4 is 0 Å². The topological polar surface area (TPSA) is 75.1 Å². The van der Waals surface area contributed by atoms with Crippen LogP contribution in [0.4, 0.5) is 0 Å². The Morgan fingerprint density at radius 2 is 2.42 bits per heavy atom. The second-order valence-electron chi connectivity index (χ2n) is 2.85. The van der Waals surface area contributed by atoms with Crippen molar-refractivity contribution in [3.05, 3.63) is 10.4 Å². The van der Waals surface area contributed by atoms with Gasteiger partial charge in [-0.05, 0) is 24.8 Å². The molecule has 0 spiro atoms. The van der Waals surface area contributed by atoms with Gasteiger partial charge in [-0.3, -0.25) is 4.79 Å². The van der Waals surface area contributed by atoms with Crippen LogP contribution in [-0.4, -0.2) is 18.1 Å². The molecule has 66 valence electrons. The first kappa shape index (κ1) is 8.87. The molecule has 5 nitrogen and oxygen atoms in total. The van der Waals surface area contributed by atoms with Crippen molar-refractivity contribution in [3.63, 3.8) is 0 Å². The lowest BCUT2D eigenvalue weighted by molar-refractivity contribution is -0.146. The number of nitrogens with zero attached hydrogens (tertiary/aromatic N) is 3. The average molecular weight is 169 g/mol. The number of carbonyl (C=O) groups excluding carboxylic acids is 1. The van der Waals surface area contributed by atoms with E-state index in [0.717, 1.165) is 19.3 Å². The van der Waals surface area contributed by atoms with Gasteiger partial charge < -0.3 is 4.74 Å². The summed E-state index contributed by atoms with van der Waals surface area (Å²) in [7, 11) is 0. The predicted molar refractivity (Wildman–Crippen MR) is 42.3 cm³/mol. The zero-order valence-electron chi connectivity index (χ0n) is 6.93. The van der Waals surface area contributed by atoms with E-state index in [1.165, 1.54) is 6.92 Å². The molecule has 0 unspecified atom stereocenters. The fourth-order valence-corrected chi connectivity index (χ4v) is 1.46. The van der Waals surface area contributed by atoms with E-state index in [1.807, 2.05) is 0 Å². The van der Waals surface area contributed by atoms with Gasteiger partial charge in [0.25, 0.3) is 0 Å². The molecule has 0 amide bonds. The first-order chi connectivity index (χ1) is 5.74. The van der Waals surface area contributed by atoms with Gasteiger partial charge >= 0.3 is 5.97 Å². The predicted octanol–water partition coefficient (Wildman–Crippen LogP) is 1.78. The van der Waals surface area contributed by atoms with Crippen molar-refractivity contribution in [1.29, 1.82) is 0 Å². The minimum atomic E-state index is -0.306. The van der Waals surface area contributed by atoms with Gasteiger partial charge in [0.2, 0.25) is 0 Å². The van der Waals surface area contributed by atoms with E-state index in [2.05, 4.69) is 10.0 Å². The Balaban J connectivity index is 2.51. The highest BCUT2D eigenvalue weighted by molar-refractivity contribution is 5.66. The van der Waals surface area contributed by atoms with Crippen LogP contribution in [0, 0.1) is 0 Å². The van der Waals surface area contributed by atoms with Crippen molar-refractivity contribution in [2.75, 3.05) is 0 Å². The maximum Gasteiger partial charge on any atom is 0.302 e. The lowest BCUT2D eigenvalue weighted by Crippen LogP contribution is -2.23. The Kier molecular flexibility index (Phi) is 2.94. The number of esters is 1. The molecule has 0 radical (unpaired) electrons. The molecule has 0 saturated heterocycles. The van der Waals surface area contributed by atoms with Crippen LogP contribution in [0.15, 0.2) is 5.11 Å². The molecule has 0 aliphatic heterocycles. The summed E-state index contributed by atoms with van der Waals surface area (Å²) in [5, 5.41) is 3.56. The Morgan fingerprint density at radius 1 is 1.67 bits per heavy atom. The third-order valence-corrected chi connectivity index (χ3v) is 1.93. The molecule has 0 aromatic carbocycles. The van der Waals surface area contributed by atoms with Gasteiger partial charge in [0.05, 0.1) is 6.04 Å². The fraction of sp³-hybridized carbons (Fsp3) is 0.857. The molecule has 12 heavy (non-hydrogen) atoms. The highest BCUT2D eigenvalue weighted by atomic mass is 16.5. The molecule has 5 heteroatoms. The number of rotatable bonds is 2. The summed E-state index contributed by atoms with van der Waals surface area (Å²) in [5.41, 5.74) is 8.20. The van der Waals surface area contributed by atoms with Crippen LogP contribution in [0.25, 0.3) is 10.4 Å². The highest BCUT2D eigenvalue weighted by Crippen LogP contribution is 2.24. The van der Waals surface area contributed by atoms with Gasteiger partial charge in [0, 0.05) is 11.8 Å².